The lowest BCUT2D eigenvalue weighted by molar-refractivity contribution is -0.117. The number of rotatable bonds is 6. The van der Waals surface area contributed by atoms with E-state index >= 15 is 0 Å². The molecule has 6 heteroatoms. The van der Waals surface area contributed by atoms with Crippen LogP contribution in [0.1, 0.15) is 13.3 Å². The summed E-state index contributed by atoms with van der Waals surface area (Å²) in [5, 5.41) is 15.0. The Labute approximate surface area is 129 Å². The first-order chi connectivity index (χ1) is 10.6. The molecule has 0 spiro atoms. The van der Waals surface area contributed by atoms with Crippen LogP contribution >= 0.6 is 0 Å². The van der Waals surface area contributed by atoms with Crippen LogP contribution < -0.4 is 15.4 Å². The Kier molecular flexibility index (Phi) is 5.32. The SMILES string of the molecule is COc1ccccc1Nc1ccc(NC(=O)CC(C)O)cn1. The third kappa shape index (κ3) is 4.46. The molecule has 3 N–H and O–H groups in total. The number of aromatic nitrogens is 1. The van der Waals surface area contributed by atoms with E-state index in [1.54, 1.807) is 32.4 Å². The summed E-state index contributed by atoms with van der Waals surface area (Å²) in [6.07, 6.45) is 0.943. The third-order valence-corrected chi connectivity index (χ3v) is 2.90. The van der Waals surface area contributed by atoms with E-state index in [4.69, 9.17) is 9.84 Å². The van der Waals surface area contributed by atoms with Gasteiger partial charge >= 0.3 is 0 Å². The lowest BCUT2D eigenvalue weighted by atomic mass is 10.2. The van der Waals surface area contributed by atoms with E-state index in [-0.39, 0.29) is 12.3 Å². The average Bonchev–Trinajstić information content (AvgIpc) is 2.49. The standard InChI is InChI=1S/C16H19N3O3/c1-11(20)9-16(21)18-12-7-8-15(17-10-12)19-13-5-3-4-6-14(13)22-2/h3-8,10-11,20H,9H2,1-2H3,(H,17,19)(H,18,21). The van der Waals surface area contributed by atoms with Gasteiger partial charge in [0, 0.05) is 0 Å². The highest BCUT2D eigenvalue weighted by Crippen LogP contribution is 2.26. The second-order valence-corrected chi connectivity index (χ2v) is 4.86. The van der Waals surface area contributed by atoms with E-state index in [1.807, 2.05) is 24.3 Å². The normalized spacial score (nSPS) is 11.6. The van der Waals surface area contributed by atoms with E-state index in [2.05, 4.69) is 15.6 Å². The van der Waals surface area contributed by atoms with Crippen LogP contribution in [0.15, 0.2) is 42.6 Å². The zero-order valence-electron chi connectivity index (χ0n) is 12.5. The molecule has 1 unspecified atom stereocenters. The van der Waals surface area contributed by atoms with Gasteiger partial charge in [-0.1, -0.05) is 12.1 Å². The molecule has 2 rings (SSSR count). The molecular weight excluding hydrogens is 282 g/mol. The first-order valence-corrected chi connectivity index (χ1v) is 6.92. The van der Waals surface area contributed by atoms with Crippen LogP contribution in [0.5, 0.6) is 5.75 Å². The maximum Gasteiger partial charge on any atom is 0.227 e. The van der Waals surface area contributed by atoms with Crippen molar-refractivity contribution in [3.63, 3.8) is 0 Å². The van der Waals surface area contributed by atoms with Crippen LogP contribution in [0.25, 0.3) is 0 Å². The summed E-state index contributed by atoms with van der Waals surface area (Å²) in [5.41, 5.74) is 1.39. The van der Waals surface area contributed by atoms with Gasteiger partial charge in [0.05, 0.1) is 37.2 Å². The van der Waals surface area contributed by atoms with Gasteiger partial charge in [0.2, 0.25) is 5.91 Å². The summed E-state index contributed by atoms with van der Waals surface area (Å²) >= 11 is 0. The van der Waals surface area contributed by atoms with Gasteiger partial charge in [0.1, 0.15) is 11.6 Å². The molecule has 22 heavy (non-hydrogen) atoms. The van der Waals surface area contributed by atoms with Gasteiger partial charge in [0.25, 0.3) is 0 Å². The Hall–Kier alpha value is -2.60. The molecule has 1 aromatic carbocycles. The molecule has 1 atom stereocenters. The van der Waals surface area contributed by atoms with Gasteiger partial charge in [-0.2, -0.15) is 0 Å². The van der Waals surface area contributed by atoms with Crippen molar-refractivity contribution in [1.82, 2.24) is 4.98 Å². The zero-order chi connectivity index (χ0) is 15.9. The number of hydrogen-bond acceptors (Lipinski definition) is 5. The van der Waals surface area contributed by atoms with Crippen molar-refractivity contribution in [2.45, 2.75) is 19.4 Å². The number of ether oxygens (including phenoxy) is 1. The van der Waals surface area contributed by atoms with Crippen molar-refractivity contribution in [2.24, 2.45) is 0 Å². The molecule has 1 heterocycles. The van der Waals surface area contributed by atoms with Crippen LogP contribution in [0.3, 0.4) is 0 Å². The first-order valence-electron chi connectivity index (χ1n) is 6.92. The van der Waals surface area contributed by atoms with Crippen molar-refractivity contribution < 1.29 is 14.6 Å². The minimum atomic E-state index is -0.667. The molecule has 116 valence electrons. The van der Waals surface area contributed by atoms with E-state index in [1.165, 1.54) is 0 Å². The molecule has 0 aliphatic rings. The van der Waals surface area contributed by atoms with Crippen molar-refractivity contribution >= 4 is 23.1 Å². The molecule has 0 radical (unpaired) electrons. The Morgan fingerprint density at radius 1 is 1.32 bits per heavy atom. The van der Waals surface area contributed by atoms with Crippen molar-refractivity contribution in [3.8, 4) is 5.75 Å². The van der Waals surface area contributed by atoms with Crippen molar-refractivity contribution in [3.05, 3.63) is 42.6 Å². The Bertz CT molecular complexity index is 627. The minimum absolute atomic E-state index is 0.0568. The number of carbonyl (C=O) groups is 1. The van der Waals surface area contributed by atoms with Gasteiger partial charge in [-0.3, -0.25) is 4.79 Å². The van der Waals surface area contributed by atoms with Gasteiger partial charge in [-0.15, -0.1) is 0 Å². The molecule has 0 bridgehead atoms. The fourth-order valence-corrected chi connectivity index (χ4v) is 1.91. The number of anilines is 3. The number of carbonyl (C=O) groups excluding carboxylic acids is 1. The fourth-order valence-electron chi connectivity index (χ4n) is 1.91. The number of nitrogens with one attached hydrogen (secondary N) is 2. The topological polar surface area (TPSA) is 83.5 Å². The highest BCUT2D eigenvalue weighted by atomic mass is 16.5. The monoisotopic (exact) mass is 301 g/mol. The number of methoxy groups -OCH3 is 1. The highest BCUT2D eigenvalue weighted by Gasteiger charge is 2.07. The number of amides is 1. The molecule has 0 aliphatic carbocycles. The molecule has 0 saturated carbocycles. The number of nitrogens with zero attached hydrogens (tertiary/aromatic N) is 1. The third-order valence-electron chi connectivity index (χ3n) is 2.90. The number of benzene rings is 1. The second kappa shape index (κ2) is 7.42. The predicted octanol–water partition coefficient (Wildman–Crippen LogP) is 2.54. The Balaban J connectivity index is 2.01. The molecule has 0 aliphatic heterocycles. The van der Waals surface area contributed by atoms with Crippen molar-refractivity contribution in [1.29, 1.82) is 0 Å². The maximum atomic E-state index is 11.6. The summed E-state index contributed by atoms with van der Waals surface area (Å²) in [6.45, 7) is 1.57. The van der Waals surface area contributed by atoms with Crippen molar-refractivity contribution in [2.75, 3.05) is 17.7 Å². The highest BCUT2D eigenvalue weighted by molar-refractivity contribution is 5.90. The summed E-state index contributed by atoms with van der Waals surface area (Å²) in [7, 11) is 1.61. The summed E-state index contributed by atoms with van der Waals surface area (Å²) in [4.78, 5) is 15.8. The van der Waals surface area contributed by atoms with E-state index in [0.717, 1.165) is 11.4 Å². The van der Waals surface area contributed by atoms with Gasteiger partial charge in [0.15, 0.2) is 0 Å². The summed E-state index contributed by atoms with van der Waals surface area (Å²) in [5.74, 6) is 1.11. The largest absolute Gasteiger partial charge is 0.495 e. The molecule has 1 aromatic heterocycles. The first kappa shape index (κ1) is 15.8. The van der Waals surface area contributed by atoms with Crippen LogP contribution in [0.2, 0.25) is 0 Å². The van der Waals surface area contributed by atoms with Gasteiger partial charge in [-0.05, 0) is 31.2 Å². The Morgan fingerprint density at radius 3 is 2.73 bits per heavy atom. The maximum absolute atomic E-state index is 11.6. The second-order valence-electron chi connectivity index (χ2n) is 4.86. The van der Waals surface area contributed by atoms with Gasteiger partial charge < -0.3 is 20.5 Å². The molecule has 6 nitrogen and oxygen atoms in total. The van der Waals surface area contributed by atoms with Crippen LogP contribution in [-0.4, -0.2) is 29.2 Å². The minimum Gasteiger partial charge on any atom is -0.495 e. The number of hydrogen-bond donors (Lipinski definition) is 3. The quantitative estimate of drug-likeness (QED) is 0.763. The number of para-hydroxylation sites is 2. The van der Waals surface area contributed by atoms with E-state index < -0.39 is 6.10 Å². The van der Waals surface area contributed by atoms with E-state index in [0.29, 0.717) is 11.5 Å². The van der Waals surface area contributed by atoms with Crippen LogP contribution in [-0.2, 0) is 4.79 Å². The summed E-state index contributed by atoms with van der Waals surface area (Å²) in [6, 6.07) is 11.0. The average molecular weight is 301 g/mol. The molecule has 0 saturated heterocycles. The summed E-state index contributed by atoms with van der Waals surface area (Å²) < 4.78 is 5.26. The number of aliphatic hydroxyl groups is 1. The predicted molar refractivity (Wildman–Crippen MR) is 85.4 cm³/mol. The van der Waals surface area contributed by atoms with Crippen LogP contribution in [0, 0.1) is 0 Å². The van der Waals surface area contributed by atoms with Gasteiger partial charge in [-0.25, -0.2) is 4.98 Å². The smallest absolute Gasteiger partial charge is 0.227 e. The number of pyridine rings is 1. The molecular formula is C16H19N3O3. The molecule has 1 amide bonds. The zero-order valence-corrected chi connectivity index (χ0v) is 12.5. The lowest BCUT2D eigenvalue weighted by Gasteiger charge is -2.11. The Morgan fingerprint density at radius 2 is 2.09 bits per heavy atom. The molecule has 2 aromatic rings. The molecule has 0 fully saturated rings. The van der Waals surface area contributed by atoms with Crippen LogP contribution in [0.4, 0.5) is 17.2 Å². The fraction of sp³-hybridized carbons (Fsp3) is 0.250. The van der Waals surface area contributed by atoms with E-state index in [9.17, 15) is 4.79 Å². The lowest BCUT2D eigenvalue weighted by Crippen LogP contribution is -2.17. The number of aliphatic hydroxyl groups excluding tert-OH is 1.